The second-order valence-corrected chi connectivity index (χ2v) is 7.87. The molecule has 7 heteroatoms. The summed E-state index contributed by atoms with van der Waals surface area (Å²) in [5.74, 6) is 0.972. The summed E-state index contributed by atoms with van der Waals surface area (Å²) in [4.78, 5) is 6.71. The number of methoxy groups -OCH3 is 1. The molecule has 3 heterocycles. The van der Waals surface area contributed by atoms with Crippen molar-refractivity contribution in [1.29, 1.82) is 0 Å². The van der Waals surface area contributed by atoms with Gasteiger partial charge in [-0.3, -0.25) is 4.98 Å². The molecule has 2 atom stereocenters. The Labute approximate surface area is 191 Å². The predicted molar refractivity (Wildman–Crippen MR) is 128 cm³/mol. The summed E-state index contributed by atoms with van der Waals surface area (Å²) < 4.78 is 7.77. The van der Waals surface area contributed by atoms with Crippen LogP contribution in [0.4, 0.5) is 5.69 Å². The third-order valence-electron chi connectivity index (χ3n) is 5.65. The first-order valence-corrected chi connectivity index (χ1v) is 10.7. The average molecular weight is 443 g/mol. The summed E-state index contributed by atoms with van der Waals surface area (Å²) in [6, 6.07) is 24.7. The number of benzene rings is 2. The van der Waals surface area contributed by atoms with Crippen LogP contribution in [0.15, 0.2) is 91.3 Å². The van der Waals surface area contributed by atoms with Gasteiger partial charge in [-0.15, -0.1) is 0 Å². The van der Waals surface area contributed by atoms with Crippen LogP contribution in [0.5, 0.6) is 11.5 Å². The van der Waals surface area contributed by atoms with E-state index in [9.17, 15) is 5.11 Å². The van der Waals surface area contributed by atoms with E-state index in [4.69, 9.17) is 17.0 Å². The van der Waals surface area contributed by atoms with E-state index in [1.165, 1.54) is 0 Å². The lowest BCUT2D eigenvalue weighted by molar-refractivity contribution is 0.414. The van der Waals surface area contributed by atoms with Gasteiger partial charge in [0, 0.05) is 23.8 Å². The van der Waals surface area contributed by atoms with Crippen LogP contribution in [-0.2, 0) is 0 Å². The molecule has 0 bridgehead atoms. The maximum Gasteiger partial charge on any atom is 0.174 e. The molecule has 160 valence electrons. The molecule has 1 aliphatic heterocycles. The third kappa shape index (κ3) is 3.46. The van der Waals surface area contributed by atoms with Gasteiger partial charge < -0.3 is 24.6 Å². The minimum absolute atomic E-state index is 0.167. The number of hydrogen-bond acceptors (Lipinski definition) is 4. The maximum atomic E-state index is 9.74. The molecule has 0 spiro atoms. The van der Waals surface area contributed by atoms with E-state index >= 15 is 0 Å². The molecular weight excluding hydrogens is 420 g/mol. The van der Waals surface area contributed by atoms with E-state index in [1.54, 1.807) is 25.4 Å². The molecule has 6 nitrogen and oxygen atoms in total. The minimum atomic E-state index is -0.183. The molecule has 32 heavy (non-hydrogen) atoms. The normalized spacial score (nSPS) is 17.9. The monoisotopic (exact) mass is 442 g/mol. The fourth-order valence-electron chi connectivity index (χ4n) is 4.23. The first-order valence-electron chi connectivity index (χ1n) is 10.3. The molecule has 5 rings (SSSR count). The van der Waals surface area contributed by atoms with Crippen LogP contribution in [0.2, 0.25) is 0 Å². The van der Waals surface area contributed by atoms with E-state index in [-0.39, 0.29) is 17.8 Å². The zero-order valence-electron chi connectivity index (χ0n) is 17.4. The van der Waals surface area contributed by atoms with Crippen LogP contribution < -0.4 is 15.0 Å². The van der Waals surface area contributed by atoms with Gasteiger partial charge in [0.15, 0.2) is 5.11 Å². The van der Waals surface area contributed by atoms with Crippen LogP contribution in [0, 0.1) is 0 Å². The van der Waals surface area contributed by atoms with E-state index in [0.29, 0.717) is 5.11 Å². The molecule has 0 radical (unpaired) electrons. The Bertz CT molecular complexity index is 1240. The van der Waals surface area contributed by atoms with Crippen LogP contribution in [0.25, 0.3) is 5.69 Å². The smallest absolute Gasteiger partial charge is 0.174 e. The number of para-hydroxylation sites is 2. The van der Waals surface area contributed by atoms with Crippen LogP contribution in [0.3, 0.4) is 0 Å². The van der Waals surface area contributed by atoms with Crippen molar-refractivity contribution in [3.63, 3.8) is 0 Å². The first kappa shape index (κ1) is 20.1. The molecule has 1 aliphatic rings. The molecule has 2 aromatic heterocycles. The summed E-state index contributed by atoms with van der Waals surface area (Å²) in [6.07, 6.45) is 3.81. The highest BCUT2D eigenvalue weighted by molar-refractivity contribution is 7.80. The van der Waals surface area contributed by atoms with Crippen LogP contribution in [0.1, 0.15) is 23.5 Å². The van der Waals surface area contributed by atoms with Gasteiger partial charge in [0.1, 0.15) is 17.5 Å². The fourth-order valence-corrected chi connectivity index (χ4v) is 4.57. The number of aromatic nitrogens is 2. The number of anilines is 1. The highest BCUT2D eigenvalue weighted by Gasteiger charge is 2.43. The molecule has 2 N–H and O–H groups in total. The van der Waals surface area contributed by atoms with Crippen molar-refractivity contribution in [3.05, 3.63) is 103 Å². The van der Waals surface area contributed by atoms with Crippen molar-refractivity contribution in [2.24, 2.45) is 0 Å². The number of nitrogens with one attached hydrogen (secondary N) is 1. The number of thiocarbonyl (C=S) groups is 1. The molecule has 0 saturated carbocycles. The molecule has 1 fully saturated rings. The van der Waals surface area contributed by atoms with Crippen molar-refractivity contribution >= 4 is 23.0 Å². The van der Waals surface area contributed by atoms with Crippen molar-refractivity contribution < 1.29 is 9.84 Å². The van der Waals surface area contributed by atoms with Gasteiger partial charge in [0.05, 0.1) is 24.5 Å². The topological polar surface area (TPSA) is 62.5 Å². The fraction of sp³-hybridized carbons (Fsp3) is 0.120. The van der Waals surface area contributed by atoms with Gasteiger partial charge >= 0.3 is 0 Å². The van der Waals surface area contributed by atoms with Gasteiger partial charge in [0.2, 0.25) is 0 Å². The van der Waals surface area contributed by atoms with Gasteiger partial charge in [0.25, 0.3) is 0 Å². The Kier molecular flexibility index (Phi) is 5.25. The Morgan fingerprint density at radius 3 is 2.50 bits per heavy atom. The largest absolute Gasteiger partial charge is 0.508 e. The minimum Gasteiger partial charge on any atom is -0.508 e. The van der Waals surface area contributed by atoms with Crippen molar-refractivity contribution in [1.82, 2.24) is 14.9 Å². The molecule has 0 aliphatic carbocycles. The summed E-state index contributed by atoms with van der Waals surface area (Å²) in [5, 5.41) is 13.8. The van der Waals surface area contributed by atoms with E-state index in [1.807, 2.05) is 66.9 Å². The number of aromatic hydroxyl groups is 1. The van der Waals surface area contributed by atoms with Crippen LogP contribution >= 0.6 is 12.2 Å². The number of phenolic OH excluding ortho intramolecular Hbond substituents is 1. The third-order valence-corrected chi connectivity index (χ3v) is 5.97. The van der Waals surface area contributed by atoms with Crippen molar-refractivity contribution in [2.45, 2.75) is 12.1 Å². The lowest BCUT2D eigenvalue weighted by Crippen LogP contribution is -2.30. The summed E-state index contributed by atoms with van der Waals surface area (Å²) in [7, 11) is 1.66. The van der Waals surface area contributed by atoms with Gasteiger partial charge in [-0.2, -0.15) is 0 Å². The maximum absolute atomic E-state index is 9.74. The number of hydrogen-bond donors (Lipinski definition) is 2. The van der Waals surface area contributed by atoms with Gasteiger partial charge in [-0.05, 0) is 72.9 Å². The zero-order chi connectivity index (χ0) is 22.1. The second-order valence-electron chi connectivity index (χ2n) is 7.49. The number of ether oxygens (including phenoxy) is 1. The van der Waals surface area contributed by atoms with E-state index in [0.717, 1.165) is 28.5 Å². The number of phenols is 1. The van der Waals surface area contributed by atoms with Gasteiger partial charge in [-0.25, -0.2) is 0 Å². The Morgan fingerprint density at radius 2 is 1.75 bits per heavy atom. The molecular formula is C25H22N4O2S. The zero-order valence-corrected chi connectivity index (χ0v) is 18.2. The number of rotatable bonds is 5. The SMILES string of the molecule is COc1ccccc1N1C(=S)N[C@H](c2ccccn2)[C@H]1c1cccn1-c1ccc(O)cc1. The number of pyridine rings is 1. The summed E-state index contributed by atoms with van der Waals surface area (Å²) in [5.41, 5.74) is 3.76. The molecule has 1 saturated heterocycles. The van der Waals surface area contributed by atoms with Crippen molar-refractivity contribution in [3.8, 4) is 17.2 Å². The van der Waals surface area contributed by atoms with E-state index < -0.39 is 0 Å². The molecule has 0 unspecified atom stereocenters. The lowest BCUT2D eigenvalue weighted by atomic mass is 10.0. The Morgan fingerprint density at radius 1 is 0.969 bits per heavy atom. The Balaban J connectivity index is 1.68. The quantitative estimate of drug-likeness (QED) is 0.435. The summed E-state index contributed by atoms with van der Waals surface area (Å²) >= 11 is 5.82. The van der Waals surface area contributed by atoms with Gasteiger partial charge in [-0.1, -0.05) is 18.2 Å². The Hall–Kier alpha value is -3.84. The highest BCUT2D eigenvalue weighted by atomic mass is 32.1. The lowest BCUT2D eigenvalue weighted by Gasteiger charge is -2.30. The average Bonchev–Trinajstić information content (AvgIpc) is 3.44. The predicted octanol–water partition coefficient (Wildman–Crippen LogP) is 4.76. The molecule has 2 aromatic carbocycles. The molecule has 4 aromatic rings. The van der Waals surface area contributed by atoms with Crippen LogP contribution in [-0.4, -0.2) is 26.9 Å². The summed E-state index contributed by atoms with van der Waals surface area (Å²) in [6.45, 7) is 0. The van der Waals surface area contributed by atoms with Crippen molar-refractivity contribution in [2.75, 3.05) is 12.0 Å². The second kappa shape index (κ2) is 8.36. The first-order chi connectivity index (χ1) is 15.7. The standard InChI is InChI=1S/C25H22N4O2S/c1-31-22-10-3-2-8-20(22)29-24(23(27-25(29)32)19-7-4-5-15-26-19)21-9-6-16-28(21)17-11-13-18(30)14-12-17/h2-16,23-24,30H,1H3,(H,27,32)/t23-,24-/m1/s1. The molecule has 0 amide bonds. The highest BCUT2D eigenvalue weighted by Crippen LogP contribution is 2.44. The van der Waals surface area contributed by atoms with E-state index in [2.05, 4.69) is 25.8 Å². The number of nitrogens with zero attached hydrogens (tertiary/aromatic N) is 3.